The zero-order chi connectivity index (χ0) is 34.5. The van der Waals surface area contributed by atoms with Crippen LogP contribution in [0.3, 0.4) is 0 Å². The van der Waals surface area contributed by atoms with E-state index < -0.39 is 0 Å². The zero-order valence-electron chi connectivity index (χ0n) is 27.3. The van der Waals surface area contributed by atoms with Gasteiger partial charge >= 0.3 is 0 Å². The Morgan fingerprint density at radius 1 is 0.353 bits per heavy atom. The molecular weight excluding hydrogens is 621 g/mol. The molecule has 9 aromatic rings. The maximum Gasteiger partial charge on any atom is 0.0999 e. The Morgan fingerprint density at radius 3 is 1.51 bits per heavy atom. The predicted octanol–water partition coefficient (Wildman–Crippen LogP) is 11.7. The van der Waals surface area contributed by atoms with Crippen molar-refractivity contribution in [3.63, 3.8) is 0 Å². The smallest absolute Gasteiger partial charge is 0.0999 e. The Hall–Kier alpha value is -7.45. The molecule has 8 aromatic carbocycles. The Labute approximate surface area is 294 Å². The molecule has 0 amide bonds. The van der Waals surface area contributed by atoms with Crippen LogP contribution in [0, 0.1) is 34.0 Å². The van der Waals surface area contributed by atoms with Gasteiger partial charge in [0.15, 0.2) is 0 Å². The molecule has 0 unspecified atom stereocenters. The lowest BCUT2D eigenvalue weighted by molar-refractivity contribution is 1.17. The Morgan fingerprint density at radius 2 is 0.882 bits per heavy atom. The second-order valence-electron chi connectivity index (χ2n) is 12.6. The topological polar surface area (TPSA) is 76.3 Å². The molecule has 0 bridgehead atoms. The average Bonchev–Trinajstić information content (AvgIpc) is 3.53. The van der Waals surface area contributed by atoms with Gasteiger partial charge < -0.3 is 4.57 Å². The minimum absolute atomic E-state index is 0.398. The number of aromatic nitrogens is 1. The summed E-state index contributed by atoms with van der Waals surface area (Å²) in [6.45, 7) is 0. The number of fused-ring (bicyclic) bond motifs is 5. The molecule has 0 radical (unpaired) electrons. The van der Waals surface area contributed by atoms with Crippen molar-refractivity contribution < 1.29 is 0 Å². The molecule has 1 heterocycles. The van der Waals surface area contributed by atoms with Gasteiger partial charge in [-0.25, -0.2) is 0 Å². The van der Waals surface area contributed by atoms with Gasteiger partial charge in [0.05, 0.1) is 51.6 Å². The van der Waals surface area contributed by atoms with E-state index in [4.69, 9.17) is 0 Å². The van der Waals surface area contributed by atoms with Crippen LogP contribution in [0.15, 0.2) is 158 Å². The van der Waals surface area contributed by atoms with E-state index in [0.29, 0.717) is 16.7 Å². The third-order valence-electron chi connectivity index (χ3n) is 9.84. The highest BCUT2D eigenvalue weighted by Gasteiger charge is 2.22. The molecule has 0 aliphatic heterocycles. The second kappa shape index (κ2) is 11.9. The molecule has 51 heavy (non-hydrogen) atoms. The van der Waals surface area contributed by atoms with E-state index in [0.717, 1.165) is 60.5 Å². The van der Waals surface area contributed by atoms with Gasteiger partial charge in [-0.05, 0) is 91.8 Å². The van der Waals surface area contributed by atoms with Gasteiger partial charge in [0.1, 0.15) is 0 Å². The number of benzene rings is 8. The minimum atomic E-state index is 0.398. The Balaban J connectivity index is 1.36. The van der Waals surface area contributed by atoms with Crippen molar-refractivity contribution in [2.24, 2.45) is 0 Å². The number of rotatable bonds is 4. The predicted molar refractivity (Wildman–Crippen MR) is 206 cm³/mol. The summed E-state index contributed by atoms with van der Waals surface area (Å²) in [5.41, 5.74) is 10.0. The highest BCUT2D eigenvalue weighted by atomic mass is 15.0. The van der Waals surface area contributed by atoms with Crippen LogP contribution in [0.4, 0.5) is 0 Å². The van der Waals surface area contributed by atoms with Gasteiger partial charge in [-0.3, -0.25) is 0 Å². The summed E-state index contributed by atoms with van der Waals surface area (Å²) in [6.07, 6.45) is 0. The molecule has 0 aliphatic carbocycles. The van der Waals surface area contributed by atoms with E-state index in [2.05, 4.69) is 108 Å². The summed E-state index contributed by atoms with van der Waals surface area (Å²) in [5, 5.41) is 37.0. The summed E-state index contributed by atoms with van der Waals surface area (Å²) >= 11 is 0. The molecule has 0 saturated heterocycles. The molecule has 0 N–H and O–H groups in total. The van der Waals surface area contributed by atoms with Crippen molar-refractivity contribution in [1.29, 1.82) is 15.8 Å². The Kier molecular flexibility index (Phi) is 6.93. The SMILES string of the molecule is N#Cc1cc(C#N)c(-c2cccc(-c3c4ccccc4c(-c4ccccc4)c4ccccc34)c2)c(-n2c3ccccc3c3cc(C#N)ccc32)c1. The van der Waals surface area contributed by atoms with Crippen molar-refractivity contribution in [3.8, 4) is 57.3 Å². The normalized spacial score (nSPS) is 11.1. The molecule has 1 aromatic heterocycles. The van der Waals surface area contributed by atoms with Gasteiger partial charge in [-0.2, -0.15) is 15.8 Å². The van der Waals surface area contributed by atoms with E-state index in [-0.39, 0.29) is 0 Å². The first-order valence-electron chi connectivity index (χ1n) is 16.7. The lowest BCUT2D eigenvalue weighted by Gasteiger charge is -2.19. The molecule has 0 saturated carbocycles. The van der Waals surface area contributed by atoms with Crippen molar-refractivity contribution >= 4 is 43.4 Å². The first-order valence-corrected chi connectivity index (χ1v) is 16.7. The number of nitriles is 3. The van der Waals surface area contributed by atoms with Crippen LogP contribution in [-0.2, 0) is 0 Å². The highest BCUT2D eigenvalue weighted by molar-refractivity contribution is 6.21. The van der Waals surface area contributed by atoms with E-state index in [1.54, 1.807) is 6.07 Å². The fourth-order valence-corrected chi connectivity index (χ4v) is 7.75. The first kappa shape index (κ1) is 29.7. The maximum atomic E-state index is 10.6. The standard InChI is InChI=1S/C47H26N4/c48-27-30-21-22-43-41(24-30)36-15-8-9-20-42(36)51(43)44-25-31(28-49)23-35(29-50)45(44)33-13-10-14-34(26-33)47-39-18-6-4-16-37(39)46(32-11-2-1-3-12-32)38-17-5-7-19-40(38)47/h1-26H. The molecule has 4 heteroatoms. The number of para-hydroxylation sites is 1. The van der Waals surface area contributed by atoms with Crippen LogP contribution < -0.4 is 0 Å². The number of nitrogens with zero attached hydrogens (tertiary/aromatic N) is 4. The molecule has 9 rings (SSSR count). The molecule has 0 atom stereocenters. The van der Waals surface area contributed by atoms with Crippen molar-refractivity contribution in [2.45, 2.75) is 0 Å². The molecule has 0 spiro atoms. The van der Waals surface area contributed by atoms with Gasteiger partial charge in [-0.1, -0.05) is 115 Å². The third kappa shape index (κ3) is 4.66. The molecule has 0 fully saturated rings. The lowest BCUT2D eigenvalue weighted by Crippen LogP contribution is -2.01. The summed E-state index contributed by atoms with van der Waals surface area (Å²) < 4.78 is 2.12. The molecule has 234 valence electrons. The minimum Gasteiger partial charge on any atom is -0.309 e. The van der Waals surface area contributed by atoms with Crippen LogP contribution in [0.2, 0.25) is 0 Å². The Bertz CT molecular complexity index is 2940. The lowest BCUT2D eigenvalue weighted by atomic mass is 9.85. The number of hydrogen-bond donors (Lipinski definition) is 0. The van der Waals surface area contributed by atoms with Crippen LogP contribution in [0.5, 0.6) is 0 Å². The summed E-state index contributed by atoms with van der Waals surface area (Å²) in [4.78, 5) is 0. The maximum absolute atomic E-state index is 10.6. The zero-order valence-corrected chi connectivity index (χ0v) is 27.3. The van der Waals surface area contributed by atoms with Gasteiger partial charge in [-0.15, -0.1) is 0 Å². The van der Waals surface area contributed by atoms with Crippen molar-refractivity contribution in [2.75, 3.05) is 0 Å². The summed E-state index contributed by atoms with van der Waals surface area (Å²) in [5.74, 6) is 0. The van der Waals surface area contributed by atoms with Gasteiger partial charge in [0.25, 0.3) is 0 Å². The van der Waals surface area contributed by atoms with Crippen LogP contribution in [0.1, 0.15) is 16.7 Å². The number of hydrogen-bond acceptors (Lipinski definition) is 3. The molecule has 0 aliphatic rings. The van der Waals surface area contributed by atoms with Crippen molar-refractivity contribution in [3.05, 3.63) is 174 Å². The van der Waals surface area contributed by atoms with Crippen LogP contribution in [-0.4, -0.2) is 4.57 Å². The molecule has 4 nitrogen and oxygen atoms in total. The first-order chi connectivity index (χ1) is 25.2. The fourth-order valence-electron chi connectivity index (χ4n) is 7.75. The largest absolute Gasteiger partial charge is 0.309 e. The van der Waals surface area contributed by atoms with Crippen LogP contribution in [0.25, 0.3) is 82.4 Å². The third-order valence-corrected chi connectivity index (χ3v) is 9.84. The van der Waals surface area contributed by atoms with Gasteiger partial charge in [0, 0.05) is 16.3 Å². The van der Waals surface area contributed by atoms with E-state index >= 15 is 0 Å². The average molecular weight is 647 g/mol. The summed E-state index contributed by atoms with van der Waals surface area (Å²) in [6, 6.07) is 60.3. The van der Waals surface area contributed by atoms with Gasteiger partial charge in [0.2, 0.25) is 0 Å². The van der Waals surface area contributed by atoms with Crippen molar-refractivity contribution in [1.82, 2.24) is 4.57 Å². The van der Waals surface area contributed by atoms with E-state index in [1.165, 1.54) is 21.9 Å². The van der Waals surface area contributed by atoms with E-state index in [1.807, 2.05) is 66.7 Å². The molecular formula is C47H26N4. The quantitative estimate of drug-likeness (QED) is 0.179. The fraction of sp³-hybridized carbons (Fsp3) is 0. The second-order valence-corrected chi connectivity index (χ2v) is 12.6. The summed E-state index contributed by atoms with van der Waals surface area (Å²) in [7, 11) is 0. The monoisotopic (exact) mass is 646 g/mol. The van der Waals surface area contributed by atoms with E-state index in [9.17, 15) is 15.8 Å². The highest BCUT2D eigenvalue weighted by Crippen LogP contribution is 2.45. The van der Waals surface area contributed by atoms with Crippen LogP contribution >= 0.6 is 0 Å².